The molecule has 218 valence electrons. The highest BCUT2D eigenvalue weighted by Crippen LogP contribution is 2.44. The summed E-state index contributed by atoms with van der Waals surface area (Å²) in [6.45, 7) is 11.0. The van der Waals surface area contributed by atoms with Gasteiger partial charge in [-0.3, -0.25) is 4.90 Å². The van der Waals surface area contributed by atoms with Gasteiger partial charge in [0, 0.05) is 19.6 Å². The summed E-state index contributed by atoms with van der Waals surface area (Å²) in [5.41, 5.74) is 0. The van der Waals surface area contributed by atoms with Crippen LogP contribution >= 0.6 is 0 Å². The SMILES string of the molecule is CCCCCCCCC(O)CN(CCO)CC(O)COC[C@H]1O[C@@H]2OC(C)(C)O[C@@H]2[C@H]2OC(C)(C)O[C@H]21. The molecule has 0 aromatic carbocycles. The lowest BCUT2D eigenvalue weighted by atomic mass is 9.99. The molecular formula is C27H51NO9. The van der Waals surface area contributed by atoms with Gasteiger partial charge in [0.1, 0.15) is 24.4 Å². The van der Waals surface area contributed by atoms with Crippen LogP contribution in [0.3, 0.4) is 0 Å². The van der Waals surface area contributed by atoms with E-state index in [1.54, 1.807) is 0 Å². The molecule has 0 bridgehead atoms. The van der Waals surface area contributed by atoms with Gasteiger partial charge in [-0.1, -0.05) is 45.4 Å². The van der Waals surface area contributed by atoms with Gasteiger partial charge in [0.15, 0.2) is 17.9 Å². The molecule has 0 radical (unpaired) electrons. The molecule has 10 heteroatoms. The molecule has 10 nitrogen and oxygen atoms in total. The van der Waals surface area contributed by atoms with E-state index in [1.807, 2.05) is 32.6 Å². The molecule has 37 heavy (non-hydrogen) atoms. The fraction of sp³-hybridized carbons (Fsp3) is 1.00. The van der Waals surface area contributed by atoms with Crippen molar-refractivity contribution in [3.8, 4) is 0 Å². The van der Waals surface area contributed by atoms with Gasteiger partial charge in [-0.05, 0) is 34.1 Å². The van der Waals surface area contributed by atoms with Crippen molar-refractivity contribution in [2.75, 3.05) is 39.5 Å². The highest BCUT2D eigenvalue weighted by Gasteiger charge is 2.60. The molecule has 0 amide bonds. The number of rotatable bonds is 17. The summed E-state index contributed by atoms with van der Waals surface area (Å²) < 4.78 is 36.2. The lowest BCUT2D eigenvalue weighted by Gasteiger charge is -2.37. The van der Waals surface area contributed by atoms with E-state index in [-0.39, 0.29) is 32.0 Å². The van der Waals surface area contributed by atoms with E-state index in [4.69, 9.17) is 28.4 Å². The minimum atomic E-state index is -0.780. The number of hydrogen-bond acceptors (Lipinski definition) is 10. The molecule has 0 aromatic heterocycles. The molecule has 0 aliphatic carbocycles. The Labute approximate surface area is 222 Å². The lowest BCUT2D eigenvalue weighted by molar-refractivity contribution is -0.244. The quantitative estimate of drug-likeness (QED) is 0.240. The molecule has 3 heterocycles. The van der Waals surface area contributed by atoms with Crippen molar-refractivity contribution < 1.29 is 43.7 Å². The monoisotopic (exact) mass is 533 g/mol. The summed E-state index contributed by atoms with van der Waals surface area (Å²) in [7, 11) is 0. The number of aliphatic hydroxyl groups excluding tert-OH is 3. The Bertz CT molecular complexity index is 664. The maximum Gasteiger partial charge on any atom is 0.190 e. The molecule has 2 unspecified atom stereocenters. The highest BCUT2D eigenvalue weighted by molar-refractivity contribution is 5.00. The number of fused-ring (bicyclic) bond motifs is 3. The van der Waals surface area contributed by atoms with Crippen molar-refractivity contribution in [2.24, 2.45) is 0 Å². The first kappa shape index (κ1) is 31.1. The molecule has 0 spiro atoms. The molecule has 3 aliphatic heterocycles. The van der Waals surface area contributed by atoms with Crippen molar-refractivity contribution in [2.45, 2.75) is 134 Å². The van der Waals surface area contributed by atoms with Gasteiger partial charge < -0.3 is 43.7 Å². The van der Waals surface area contributed by atoms with Crippen molar-refractivity contribution >= 4 is 0 Å². The van der Waals surface area contributed by atoms with Gasteiger partial charge in [0.25, 0.3) is 0 Å². The minimum absolute atomic E-state index is 0.0373. The summed E-state index contributed by atoms with van der Waals surface area (Å²) >= 11 is 0. The van der Waals surface area contributed by atoms with Crippen molar-refractivity contribution in [3.05, 3.63) is 0 Å². The molecule has 7 atom stereocenters. The Morgan fingerprint density at radius 1 is 0.811 bits per heavy atom. The first-order valence-corrected chi connectivity index (χ1v) is 14.2. The lowest BCUT2D eigenvalue weighted by Crippen LogP contribution is -2.56. The topological polar surface area (TPSA) is 119 Å². The van der Waals surface area contributed by atoms with Crippen LogP contribution in [0.5, 0.6) is 0 Å². The maximum atomic E-state index is 10.6. The predicted octanol–water partition coefficient (Wildman–Crippen LogP) is 2.17. The zero-order valence-electron chi connectivity index (χ0n) is 23.5. The third-order valence-corrected chi connectivity index (χ3v) is 7.09. The number of ether oxygens (including phenoxy) is 6. The Balaban J connectivity index is 1.41. The van der Waals surface area contributed by atoms with E-state index >= 15 is 0 Å². The second-order valence-electron chi connectivity index (χ2n) is 11.6. The smallest absolute Gasteiger partial charge is 0.190 e. The molecule has 0 saturated carbocycles. The van der Waals surface area contributed by atoms with Crippen LogP contribution in [0.15, 0.2) is 0 Å². The Morgan fingerprint density at radius 2 is 1.43 bits per heavy atom. The van der Waals surface area contributed by atoms with Gasteiger partial charge in [-0.25, -0.2) is 0 Å². The molecular weight excluding hydrogens is 482 g/mol. The largest absolute Gasteiger partial charge is 0.395 e. The second kappa shape index (κ2) is 14.3. The molecule has 3 aliphatic rings. The number of aliphatic hydroxyl groups is 3. The van der Waals surface area contributed by atoms with Crippen molar-refractivity contribution in [3.63, 3.8) is 0 Å². The summed E-state index contributed by atoms with van der Waals surface area (Å²) in [5, 5.41) is 30.5. The zero-order chi connectivity index (χ0) is 27.1. The van der Waals surface area contributed by atoms with E-state index in [9.17, 15) is 15.3 Å². The normalized spacial score (nSPS) is 31.9. The van der Waals surface area contributed by atoms with Crippen LogP contribution in [0.4, 0.5) is 0 Å². The van der Waals surface area contributed by atoms with Gasteiger partial charge >= 0.3 is 0 Å². The molecule has 3 fully saturated rings. The number of unbranched alkanes of at least 4 members (excludes halogenated alkanes) is 5. The summed E-state index contributed by atoms with van der Waals surface area (Å²) in [4.78, 5) is 1.88. The van der Waals surface area contributed by atoms with E-state index in [0.717, 1.165) is 19.3 Å². The number of hydrogen-bond donors (Lipinski definition) is 3. The Hall–Kier alpha value is -0.400. The molecule has 0 aromatic rings. The third kappa shape index (κ3) is 9.63. The predicted molar refractivity (Wildman–Crippen MR) is 137 cm³/mol. The van der Waals surface area contributed by atoms with Crippen LogP contribution in [-0.2, 0) is 28.4 Å². The van der Waals surface area contributed by atoms with Gasteiger partial charge in [0.2, 0.25) is 0 Å². The van der Waals surface area contributed by atoms with Crippen LogP contribution in [0, 0.1) is 0 Å². The highest BCUT2D eigenvalue weighted by atomic mass is 16.9. The summed E-state index contributed by atoms with van der Waals surface area (Å²) in [6.07, 6.45) is 4.39. The minimum Gasteiger partial charge on any atom is -0.395 e. The maximum absolute atomic E-state index is 10.6. The van der Waals surface area contributed by atoms with E-state index < -0.39 is 42.3 Å². The summed E-state index contributed by atoms with van der Waals surface area (Å²) in [5.74, 6) is -1.56. The second-order valence-corrected chi connectivity index (χ2v) is 11.6. The Kier molecular flexibility index (Phi) is 12.0. The van der Waals surface area contributed by atoms with E-state index in [1.165, 1.54) is 25.7 Å². The average molecular weight is 534 g/mol. The van der Waals surface area contributed by atoms with Gasteiger partial charge in [-0.2, -0.15) is 0 Å². The molecule has 3 N–H and O–H groups in total. The van der Waals surface area contributed by atoms with Crippen LogP contribution in [0.25, 0.3) is 0 Å². The number of nitrogens with zero attached hydrogens (tertiary/aromatic N) is 1. The standard InChI is InChI=1S/C27H51NO9/c1-6-7-8-9-10-11-12-19(30)15-28(13-14-29)16-20(31)17-32-18-21-22-23(35-26(2,3)34-22)24-25(33-21)37-27(4,5)36-24/h19-25,29-31H,6-18H2,1-5H3/t19?,20?,21-,22+,23+,24-,25-/m1/s1. The van der Waals surface area contributed by atoms with Crippen molar-refractivity contribution in [1.29, 1.82) is 0 Å². The van der Waals surface area contributed by atoms with Crippen molar-refractivity contribution in [1.82, 2.24) is 4.90 Å². The van der Waals surface area contributed by atoms with Gasteiger partial charge in [-0.15, -0.1) is 0 Å². The van der Waals surface area contributed by atoms with E-state index in [0.29, 0.717) is 19.6 Å². The van der Waals surface area contributed by atoms with Crippen LogP contribution < -0.4 is 0 Å². The van der Waals surface area contributed by atoms with Crippen LogP contribution in [-0.4, -0.2) is 114 Å². The fourth-order valence-corrected chi connectivity index (χ4v) is 5.45. The Morgan fingerprint density at radius 3 is 2.16 bits per heavy atom. The molecule has 3 rings (SSSR count). The first-order chi connectivity index (χ1) is 17.5. The molecule has 3 saturated heterocycles. The fourth-order valence-electron chi connectivity index (χ4n) is 5.45. The van der Waals surface area contributed by atoms with Crippen LogP contribution in [0.1, 0.15) is 79.6 Å². The zero-order valence-corrected chi connectivity index (χ0v) is 23.5. The average Bonchev–Trinajstić information content (AvgIpc) is 3.30. The van der Waals surface area contributed by atoms with Gasteiger partial charge in [0.05, 0.1) is 32.0 Å². The third-order valence-electron chi connectivity index (χ3n) is 7.09. The van der Waals surface area contributed by atoms with Crippen LogP contribution in [0.2, 0.25) is 0 Å². The summed E-state index contributed by atoms with van der Waals surface area (Å²) in [6, 6.07) is 0. The first-order valence-electron chi connectivity index (χ1n) is 14.2. The van der Waals surface area contributed by atoms with E-state index in [2.05, 4.69) is 6.92 Å².